The highest BCUT2D eigenvalue weighted by Crippen LogP contribution is 2.24. The van der Waals surface area contributed by atoms with Crippen molar-refractivity contribution >= 4 is 15.9 Å². The summed E-state index contributed by atoms with van der Waals surface area (Å²) in [5.74, 6) is 0. The van der Waals surface area contributed by atoms with Crippen LogP contribution in [0, 0.1) is 0 Å². The lowest BCUT2D eigenvalue weighted by Crippen LogP contribution is -2.31. The molecule has 1 rings (SSSR count). The minimum absolute atomic E-state index is 0.242. The van der Waals surface area contributed by atoms with Crippen LogP contribution in [-0.2, 0) is 4.74 Å². The fourth-order valence-electron chi connectivity index (χ4n) is 1.93. The van der Waals surface area contributed by atoms with Gasteiger partial charge in [-0.2, -0.15) is 0 Å². The highest BCUT2D eigenvalue weighted by atomic mass is 79.9. The Balaban J connectivity index is 2.58. The van der Waals surface area contributed by atoms with E-state index in [0.717, 1.165) is 6.61 Å². The van der Waals surface area contributed by atoms with Crippen LogP contribution in [0.4, 0.5) is 0 Å². The number of ether oxygens (including phenoxy) is 1. The molecule has 2 nitrogen and oxygen atoms in total. The molecule has 1 aliphatic heterocycles. The van der Waals surface area contributed by atoms with E-state index in [1.165, 1.54) is 18.4 Å². The lowest BCUT2D eigenvalue weighted by Gasteiger charge is -2.20. The highest BCUT2D eigenvalue weighted by molar-refractivity contribution is 9.09. The van der Waals surface area contributed by atoms with Crippen LogP contribution >= 0.6 is 15.9 Å². The Kier molecular flexibility index (Phi) is 5.13. The van der Waals surface area contributed by atoms with Crippen molar-refractivity contribution in [3.63, 3.8) is 0 Å². The summed E-state index contributed by atoms with van der Waals surface area (Å²) in [6, 6.07) is 0.492. The highest BCUT2D eigenvalue weighted by Gasteiger charge is 2.26. The van der Waals surface area contributed by atoms with Crippen LogP contribution in [0.5, 0.6) is 0 Å². The summed E-state index contributed by atoms with van der Waals surface area (Å²) in [4.78, 5) is 0.317. The zero-order chi connectivity index (χ0) is 10.6. The van der Waals surface area contributed by atoms with Gasteiger partial charge in [-0.3, -0.25) is 5.32 Å². The Bertz CT molecular complexity index is 205. The molecule has 0 aromatic carbocycles. The maximum atomic E-state index is 5.62. The molecule has 0 saturated heterocycles. The van der Waals surface area contributed by atoms with Gasteiger partial charge in [0.1, 0.15) is 0 Å². The van der Waals surface area contributed by atoms with Crippen molar-refractivity contribution in [2.45, 2.75) is 50.7 Å². The van der Waals surface area contributed by atoms with Crippen LogP contribution in [0.25, 0.3) is 0 Å². The first kappa shape index (κ1) is 12.2. The molecule has 0 saturated carbocycles. The van der Waals surface area contributed by atoms with Crippen LogP contribution < -0.4 is 5.32 Å². The molecule has 3 heteroatoms. The van der Waals surface area contributed by atoms with Crippen molar-refractivity contribution in [3.05, 3.63) is 11.6 Å². The lowest BCUT2D eigenvalue weighted by atomic mass is 10.0. The molecule has 0 spiro atoms. The number of nitrogens with one attached hydrogen (secondary N) is 1. The standard InChI is InChI=1S/C11H20BrNO/c1-4-6-10-9(7-11(12)13-10)8(3)14-5-2/h7-8,10-11,13H,4-6H2,1-3H3/t8?,10-,11?/m1/s1. The van der Waals surface area contributed by atoms with Gasteiger partial charge >= 0.3 is 0 Å². The minimum atomic E-state index is 0.242. The van der Waals surface area contributed by atoms with Gasteiger partial charge < -0.3 is 4.74 Å². The molecule has 1 heterocycles. The summed E-state index contributed by atoms with van der Waals surface area (Å²) in [5.41, 5.74) is 1.40. The summed E-state index contributed by atoms with van der Waals surface area (Å²) in [6.07, 6.45) is 4.87. The predicted octanol–water partition coefficient (Wildman–Crippen LogP) is 2.83. The third-order valence-electron chi connectivity index (χ3n) is 2.56. The fourth-order valence-corrected chi connectivity index (χ4v) is 2.55. The van der Waals surface area contributed by atoms with E-state index in [1.54, 1.807) is 0 Å². The maximum absolute atomic E-state index is 5.62. The molecule has 0 aliphatic carbocycles. The molecule has 3 atom stereocenters. The topological polar surface area (TPSA) is 21.3 Å². The molecule has 1 N–H and O–H groups in total. The predicted molar refractivity (Wildman–Crippen MR) is 63.7 cm³/mol. The molecule has 0 bridgehead atoms. The molecule has 0 aromatic heterocycles. The van der Waals surface area contributed by atoms with Crippen molar-refractivity contribution in [1.29, 1.82) is 0 Å². The largest absolute Gasteiger partial charge is 0.374 e. The van der Waals surface area contributed by atoms with E-state index < -0.39 is 0 Å². The van der Waals surface area contributed by atoms with Gasteiger partial charge in [-0.15, -0.1) is 0 Å². The molecule has 82 valence electrons. The van der Waals surface area contributed by atoms with E-state index in [2.05, 4.69) is 41.2 Å². The molecular formula is C11H20BrNO. The Morgan fingerprint density at radius 2 is 2.29 bits per heavy atom. The van der Waals surface area contributed by atoms with E-state index >= 15 is 0 Å². The van der Waals surface area contributed by atoms with Crippen molar-refractivity contribution in [2.75, 3.05) is 6.61 Å². The maximum Gasteiger partial charge on any atom is 0.0825 e. The van der Waals surface area contributed by atoms with Crippen molar-refractivity contribution in [2.24, 2.45) is 0 Å². The summed E-state index contributed by atoms with van der Waals surface area (Å²) < 4.78 is 5.62. The average molecular weight is 262 g/mol. The lowest BCUT2D eigenvalue weighted by molar-refractivity contribution is 0.0969. The van der Waals surface area contributed by atoms with Crippen LogP contribution in [0.15, 0.2) is 11.6 Å². The van der Waals surface area contributed by atoms with E-state index in [1.807, 2.05) is 6.92 Å². The SMILES string of the molecule is CCC[C@H]1NC(Br)C=C1C(C)OCC. The minimum Gasteiger partial charge on any atom is -0.374 e. The second-order valence-electron chi connectivity index (χ2n) is 3.67. The van der Waals surface area contributed by atoms with E-state index in [-0.39, 0.29) is 6.10 Å². The molecule has 0 amide bonds. The quantitative estimate of drug-likeness (QED) is 0.467. The first-order chi connectivity index (χ1) is 6.69. The Morgan fingerprint density at radius 3 is 2.86 bits per heavy atom. The second kappa shape index (κ2) is 5.89. The van der Waals surface area contributed by atoms with Crippen LogP contribution in [-0.4, -0.2) is 23.7 Å². The summed E-state index contributed by atoms with van der Waals surface area (Å²) >= 11 is 3.57. The van der Waals surface area contributed by atoms with Gasteiger partial charge in [0.25, 0.3) is 0 Å². The van der Waals surface area contributed by atoms with Gasteiger partial charge in [0.05, 0.1) is 11.1 Å². The Labute approximate surface area is 95.2 Å². The van der Waals surface area contributed by atoms with Gasteiger partial charge in [0, 0.05) is 12.6 Å². The third-order valence-corrected chi connectivity index (χ3v) is 3.09. The molecule has 1 aliphatic rings. The average Bonchev–Trinajstić information content (AvgIpc) is 2.48. The monoisotopic (exact) mass is 261 g/mol. The zero-order valence-electron chi connectivity index (χ0n) is 9.22. The van der Waals surface area contributed by atoms with Gasteiger partial charge in [-0.05, 0) is 25.8 Å². The van der Waals surface area contributed by atoms with Crippen LogP contribution in [0.2, 0.25) is 0 Å². The first-order valence-corrected chi connectivity index (χ1v) is 6.33. The van der Waals surface area contributed by atoms with Crippen LogP contribution in [0.1, 0.15) is 33.6 Å². The Hall–Kier alpha value is 0.140. The normalized spacial score (nSPS) is 29.0. The molecule has 0 aromatic rings. The second-order valence-corrected chi connectivity index (χ2v) is 4.66. The van der Waals surface area contributed by atoms with Gasteiger partial charge in [0.15, 0.2) is 0 Å². The summed E-state index contributed by atoms with van der Waals surface area (Å²) in [7, 11) is 0. The van der Waals surface area contributed by atoms with Crippen molar-refractivity contribution in [1.82, 2.24) is 5.32 Å². The smallest absolute Gasteiger partial charge is 0.0825 e. The molecular weight excluding hydrogens is 242 g/mol. The first-order valence-electron chi connectivity index (χ1n) is 5.42. The van der Waals surface area contributed by atoms with Crippen molar-refractivity contribution < 1.29 is 4.74 Å². The number of hydrogen-bond acceptors (Lipinski definition) is 2. The Morgan fingerprint density at radius 1 is 1.57 bits per heavy atom. The molecule has 0 radical (unpaired) electrons. The molecule has 14 heavy (non-hydrogen) atoms. The number of halogens is 1. The van der Waals surface area contributed by atoms with E-state index in [9.17, 15) is 0 Å². The number of alkyl halides is 1. The summed E-state index contributed by atoms with van der Waals surface area (Å²) in [6.45, 7) is 7.17. The number of rotatable bonds is 5. The van der Waals surface area contributed by atoms with E-state index in [4.69, 9.17) is 4.74 Å². The van der Waals surface area contributed by atoms with E-state index in [0.29, 0.717) is 11.0 Å². The van der Waals surface area contributed by atoms with Crippen LogP contribution in [0.3, 0.4) is 0 Å². The van der Waals surface area contributed by atoms with Gasteiger partial charge in [0.2, 0.25) is 0 Å². The third kappa shape index (κ3) is 3.07. The summed E-state index contributed by atoms with van der Waals surface area (Å²) in [5, 5.41) is 3.49. The molecule has 0 fully saturated rings. The van der Waals surface area contributed by atoms with Gasteiger partial charge in [-0.1, -0.05) is 35.4 Å². The fraction of sp³-hybridized carbons (Fsp3) is 0.818. The number of hydrogen-bond donors (Lipinski definition) is 1. The van der Waals surface area contributed by atoms with Gasteiger partial charge in [-0.25, -0.2) is 0 Å². The zero-order valence-corrected chi connectivity index (χ0v) is 10.8. The molecule has 2 unspecified atom stereocenters. The van der Waals surface area contributed by atoms with Crippen molar-refractivity contribution in [3.8, 4) is 0 Å².